The van der Waals surface area contributed by atoms with E-state index >= 15 is 0 Å². The monoisotopic (exact) mass is 164 g/mol. The van der Waals surface area contributed by atoms with Gasteiger partial charge in [0, 0.05) is 0 Å². The van der Waals surface area contributed by atoms with Crippen LogP contribution in [0.4, 0.5) is 0 Å². The zero-order valence-corrected chi connectivity index (χ0v) is 7.97. The smallest absolute Gasteiger partial charge is 0.0355 e. The normalized spacial score (nSPS) is 52.0. The van der Waals surface area contributed by atoms with Crippen LogP contribution in [0.2, 0.25) is 0 Å². The summed E-state index contributed by atoms with van der Waals surface area (Å²) < 4.78 is 0. The van der Waals surface area contributed by atoms with Gasteiger partial charge in [0.05, 0.1) is 0 Å². The molecule has 12 heavy (non-hydrogen) atoms. The fourth-order valence-corrected chi connectivity index (χ4v) is 4.40. The van der Waals surface area contributed by atoms with E-state index in [-0.39, 0.29) is 0 Å². The van der Waals surface area contributed by atoms with Crippen LogP contribution in [-0.4, -0.2) is 0 Å². The number of hydrogen-bond acceptors (Lipinski definition) is 0. The maximum atomic E-state index is 1.59. The van der Waals surface area contributed by atoms with Crippen LogP contribution < -0.4 is 0 Å². The Kier molecular flexibility index (Phi) is 1.70. The summed E-state index contributed by atoms with van der Waals surface area (Å²) in [6.45, 7) is 0. The lowest BCUT2D eigenvalue weighted by atomic mass is 9.69. The highest BCUT2D eigenvalue weighted by Crippen LogP contribution is 2.53. The minimum atomic E-state index is 1.17. The standard InChI is InChI=1S/C12H20/c1-3-9-7-8-10-4-2-6-12(10)11(9)5-1/h9-12H,1-8H2/t9-,10-,11-,12-/m0/s1. The topological polar surface area (TPSA) is 0 Å². The van der Waals surface area contributed by atoms with Gasteiger partial charge in [-0.25, -0.2) is 0 Å². The van der Waals surface area contributed by atoms with Crippen LogP contribution in [0.1, 0.15) is 51.4 Å². The summed E-state index contributed by atoms with van der Waals surface area (Å²) >= 11 is 0. The van der Waals surface area contributed by atoms with Gasteiger partial charge in [0.15, 0.2) is 0 Å². The van der Waals surface area contributed by atoms with Crippen LogP contribution in [0.25, 0.3) is 0 Å². The van der Waals surface area contributed by atoms with Crippen molar-refractivity contribution in [3.8, 4) is 0 Å². The lowest BCUT2D eigenvalue weighted by molar-refractivity contribution is 0.136. The van der Waals surface area contributed by atoms with Crippen molar-refractivity contribution in [2.24, 2.45) is 23.7 Å². The van der Waals surface area contributed by atoms with Gasteiger partial charge in [-0.1, -0.05) is 25.7 Å². The molecule has 3 saturated carbocycles. The molecule has 0 heteroatoms. The summed E-state index contributed by atoms with van der Waals surface area (Å²) in [4.78, 5) is 0. The molecule has 0 bridgehead atoms. The third-order valence-corrected chi connectivity index (χ3v) is 4.89. The molecule has 68 valence electrons. The quantitative estimate of drug-likeness (QED) is 0.513. The average Bonchev–Trinajstić information content (AvgIpc) is 2.71. The fourth-order valence-electron chi connectivity index (χ4n) is 4.40. The molecule has 3 fully saturated rings. The van der Waals surface area contributed by atoms with Crippen LogP contribution in [0.5, 0.6) is 0 Å². The first-order chi connectivity index (χ1) is 5.95. The second-order valence-electron chi connectivity index (χ2n) is 5.29. The predicted octanol–water partition coefficient (Wildman–Crippen LogP) is 3.61. The van der Waals surface area contributed by atoms with E-state index in [1.54, 1.807) is 51.4 Å². The van der Waals surface area contributed by atoms with Gasteiger partial charge < -0.3 is 0 Å². The van der Waals surface area contributed by atoms with Crippen molar-refractivity contribution in [2.45, 2.75) is 51.4 Å². The first kappa shape index (κ1) is 7.41. The summed E-state index contributed by atoms with van der Waals surface area (Å²) in [6, 6.07) is 0. The third kappa shape index (κ3) is 0.963. The average molecular weight is 164 g/mol. The lowest BCUT2D eigenvalue weighted by Crippen LogP contribution is -2.28. The predicted molar refractivity (Wildman–Crippen MR) is 50.9 cm³/mol. The Labute approximate surface area is 75.7 Å². The minimum absolute atomic E-state index is 1.17. The van der Waals surface area contributed by atoms with E-state index < -0.39 is 0 Å². The molecule has 0 nitrogen and oxygen atoms in total. The molecule has 0 heterocycles. The molecule has 0 saturated heterocycles. The number of rotatable bonds is 0. The lowest BCUT2D eigenvalue weighted by Gasteiger charge is -2.36. The second-order valence-corrected chi connectivity index (χ2v) is 5.29. The largest absolute Gasteiger partial charge is 0.0527 e. The van der Waals surface area contributed by atoms with Crippen molar-refractivity contribution < 1.29 is 0 Å². The SMILES string of the molecule is C1C[C@H]2CC[C@@H]3CCC[C@@H]3[C@H]2C1. The van der Waals surface area contributed by atoms with Gasteiger partial charge in [-0.05, 0) is 49.4 Å². The van der Waals surface area contributed by atoms with Gasteiger partial charge in [-0.15, -0.1) is 0 Å². The minimum Gasteiger partial charge on any atom is -0.0527 e. The molecule has 0 aliphatic heterocycles. The zero-order chi connectivity index (χ0) is 7.97. The van der Waals surface area contributed by atoms with Crippen molar-refractivity contribution in [1.82, 2.24) is 0 Å². The molecule has 0 amide bonds. The Bertz CT molecular complexity index is 153. The molecule has 3 aliphatic carbocycles. The van der Waals surface area contributed by atoms with Crippen LogP contribution in [0.15, 0.2) is 0 Å². The van der Waals surface area contributed by atoms with Gasteiger partial charge in [-0.3, -0.25) is 0 Å². The Morgan fingerprint density at radius 3 is 1.50 bits per heavy atom. The molecule has 0 N–H and O–H groups in total. The van der Waals surface area contributed by atoms with E-state index in [9.17, 15) is 0 Å². The van der Waals surface area contributed by atoms with Crippen LogP contribution in [0.3, 0.4) is 0 Å². The molecule has 0 spiro atoms. The first-order valence-corrected chi connectivity index (χ1v) is 5.95. The van der Waals surface area contributed by atoms with Gasteiger partial charge >= 0.3 is 0 Å². The van der Waals surface area contributed by atoms with Crippen molar-refractivity contribution in [2.75, 3.05) is 0 Å². The molecule has 0 aromatic carbocycles. The Morgan fingerprint density at radius 1 is 0.500 bits per heavy atom. The van der Waals surface area contributed by atoms with E-state index in [4.69, 9.17) is 0 Å². The Morgan fingerprint density at radius 2 is 1.00 bits per heavy atom. The van der Waals surface area contributed by atoms with Crippen LogP contribution in [-0.2, 0) is 0 Å². The van der Waals surface area contributed by atoms with E-state index in [0.29, 0.717) is 0 Å². The Hall–Kier alpha value is 0. The van der Waals surface area contributed by atoms with Crippen molar-refractivity contribution in [3.05, 3.63) is 0 Å². The fraction of sp³-hybridized carbons (Fsp3) is 1.00. The van der Waals surface area contributed by atoms with Gasteiger partial charge in [0.1, 0.15) is 0 Å². The molecule has 0 aromatic heterocycles. The summed E-state index contributed by atoms with van der Waals surface area (Å²) in [5, 5.41) is 0. The van der Waals surface area contributed by atoms with E-state index in [1.165, 1.54) is 23.7 Å². The third-order valence-electron chi connectivity index (χ3n) is 4.89. The van der Waals surface area contributed by atoms with Crippen molar-refractivity contribution in [1.29, 1.82) is 0 Å². The van der Waals surface area contributed by atoms with Crippen LogP contribution >= 0.6 is 0 Å². The van der Waals surface area contributed by atoms with E-state index in [2.05, 4.69) is 0 Å². The van der Waals surface area contributed by atoms with Crippen LogP contribution in [0, 0.1) is 23.7 Å². The van der Waals surface area contributed by atoms with Gasteiger partial charge in [0.25, 0.3) is 0 Å². The summed E-state index contributed by atoms with van der Waals surface area (Å²) in [6.07, 6.45) is 12.6. The number of hydrogen-bond donors (Lipinski definition) is 0. The highest BCUT2D eigenvalue weighted by Gasteiger charge is 2.43. The first-order valence-electron chi connectivity index (χ1n) is 5.95. The molecule has 3 aliphatic rings. The summed E-state index contributed by atoms with van der Waals surface area (Å²) in [5.41, 5.74) is 0. The summed E-state index contributed by atoms with van der Waals surface area (Å²) in [5.74, 6) is 4.71. The highest BCUT2D eigenvalue weighted by molar-refractivity contribution is 4.93. The maximum absolute atomic E-state index is 1.59. The van der Waals surface area contributed by atoms with Gasteiger partial charge in [-0.2, -0.15) is 0 Å². The van der Waals surface area contributed by atoms with E-state index in [1.807, 2.05) is 0 Å². The second kappa shape index (κ2) is 2.75. The Balaban J connectivity index is 1.81. The maximum Gasteiger partial charge on any atom is -0.0355 e. The van der Waals surface area contributed by atoms with Crippen molar-refractivity contribution >= 4 is 0 Å². The van der Waals surface area contributed by atoms with Crippen molar-refractivity contribution in [3.63, 3.8) is 0 Å². The molecular weight excluding hydrogens is 144 g/mol. The number of fused-ring (bicyclic) bond motifs is 3. The zero-order valence-electron chi connectivity index (χ0n) is 7.97. The summed E-state index contributed by atoms with van der Waals surface area (Å²) in [7, 11) is 0. The highest BCUT2D eigenvalue weighted by atomic mass is 14.5. The van der Waals surface area contributed by atoms with Gasteiger partial charge in [0.2, 0.25) is 0 Å². The molecule has 4 atom stereocenters. The molecule has 3 rings (SSSR count). The molecule has 0 aromatic rings. The molecule has 0 unspecified atom stereocenters. The van der Waals surface area contributed by atoms with E-state index in [0.717, 1.165) is 0 Å². The molecular formula is C12H20. The molecule has 0 radical (unpaired) electrons.